The molecule has 1 aromatic rings. The highest BCUT2D eigenvalue weighted by atomic mass is 15.3. The largest absolute Gasteiger partial charge is 0.301 e. The van der Waals surface area contributed by atoms with Gasteiger partial charge in [0.05, 0.1) is 6.07 Å². The molecule has 1 saturated heterocycles. The Morgan fingerprint density at radius 1 is 1.15 bits per heavy atom. The molecule has 0 radical (unpaired) electrons. The van der Waals surface area contributed by atoms with Gasteiger partial charge < -0.3 is 4.90 Å². The fraction of sp³-hybridized carbons (Fsp3) is 0.588. The third-order valence-electron chi connectivity index (χ3n) is 4.40. The standard InChI is InChI=1S/C17H25N3/c1-13(2)15-5-7-16(8-6-15)17(11-18)20-10-9-19(4)14(3)12-20/h5-8,13-14,17H,9-10,12H2,1-4H3. The number of hydrogen-bond donors (Lipinski definition) is 0. The summed E-state index contributed by atoms with van der Waals surface area (Å²) in [6.45, 7) is 9.56. The Hall–Kier alpha value is -1.37. The minimum Gasteiger partial charge on any atom is -0.301 e. The first-order valence-electron chi connectivity index (χ1n) is 7.46. The van der Waals surface area contributed by atoms with Crippen LogP contribution in [0.2, 0.25) is 0 Å². The summed E-state index contributed by atoms with van der Waals surface area (Å²) in [5.74, 6) is 0.535. The summed E-state index contributed by atoms with van der Waals surface area (Å²) >= 11 is 0. The third-order valence-corrected chi connectivity index (χ3v) is 4.40. The highest BCUT2D eigenvalue weighted by molar-refractivity contribution is 5.30. The van der Waals surface area contributed by atoms with Gasteiger partial charge in [0, 0.05) is 25.7 Å². The van der Waals surface area contributed by atoms with Gasteiger partial charge in [0.15, 0.2) is 0 Å². The Morgan fingerprint density at radius 3 is 2.25 bits per heavy atom. The van der Waals surface area contributed by atoms with E-state index < -0.39 is 0 Å². The Morgan fingerprint density at radius 2 is 1.75 bits per heavy atom. The maximum Gasteiger partial charge on any atom is 0.123 e. The molecule has 1 aromatic carbocycles. The third kappa shape index (κ3) is 3.20. The van der Waals surface area contributed by atoms with Gasteiger partial charge in [-0.1, -0.05) is 38.1 Å². The Kier molecular flexibility index (Phi) is 4.80. The molecule has 0 aliphatic carbocycles. The molecule has 1 fully saturated rings. The number of benzene rings is 1. The van der Waals surface area contributed by atoms with E-state index in [-0.39, 0.29) is 6.04 Å². The van der Waals surface area contributed by atoms with Crippen LogP contribution in [0.15, 0.2) is 24.3 Å². The molecule has 3 nitrogen and oxygen atoms in total. The topological polar surface area (TPSA) is 30.3 Å². The molecule has 2 unspecified atom stereocenters. The summed E-state index contributed by atoms with van der Waals surface area (Å²) in [6, 6.07) is 11.4. The van der Waals surface area contributed by atoms with Crippen molar-refractivity contribution in [3.8, 4) is 6.07 Å². The van der Waals surface area contributed by atoms with Crippen molar-refractivity contribution in [2.24, 2.45) is 0 Å². The average molecular weight is 271 g/mol. The lowest BCUT2D eigenvalue weighted by molar-refractivity contribution is 0.0881. The van der Waals surface area contributed by atoms with E-state index in [1.54, 1.807) is 0 Å². The fourth-order valence-corrected chi connectivity index (χ4v) is 2.74. The van der Waals surface area contributed by atoms with E-state index in [9.17, 15) is 5.26 Å². The molecule has 0 saturated carbocycles. The molecule has 1 aliphatic heterocycles. The molecule has 1 aliphatic rings. The van der Waals surface area contributed by atoms with Crippen LogP contribution in [0.3, 0.4) is 0 Å². The van der Waals surface area contributed by atoms with Crippen LogP contribution in [0.1, 0.15) is 43.9 Å². The fourth-order valence-electron chi connectivity index (χ4n) is 2.74. The smallest absolute Gasteiger partial charge is 0.123 e. The zero-order valence-electron chi connectivity index (χ0n) is 13.0. The van der Waals surface area contributed by atoms with Crippen molar-refractivity contribution in [3.63, 3.8) is 0 Å². The van der Waals surface area contributed by atoms with Crippen LogP contribution >= 0.6 is 0 Å². The summed E-state index contributed by atoms with van der Waals surface area (Å²) in [4.78, 5) is 4.65. The molecule has 108 valence electrons. The first kappa shape index (κ1) is 15.0. The van der Waals surface area contributed by atoms with E-state index in [4.69, 9.17) is 0 Å². The van der Waals surface area contributed by atoms with Crippen molar-refractivity contribution < 1.29 is 0 Å². The number of piperazine rings is 1. The lowest BCUT2D eigenvalue weighted by atomic mass is 9.98. The summed E-state index contributed by atoms with van der Waals surface area (Å²) in [7, 11) is 2.15. The van der Waals surface area contributed by atoms with Crippen LogP contribution in [0, 0.1) is 11.3 Å². The molecule has 1 heterocycles. The molecule has 2 rings (SSSR count). The number of nitrogens with zero attached hydrogens (tertiary/aromatic N) is 3. The zero-order valence-corrected chi connectivity index (χ0v) is 13.0. The van der Waals surface area contributed by atoms with E-state index in [2.05, 4.69) is 68.0 Å². The minimum atomic E-state index is -0.118. The van der Waals surface area contributed by atoms with E-state index in [1.165, 1.54) is 5.56 Å². The van der Waals surface area contributed by atoms with Crippen molar-refractivity contribution >= 4 is 0 Å². The van der Waals surface area contributed by atoms with Crippen LogP contribution in [0.4, 0.5) is 0 Å². The number of likely N-dealkylation sites (N-methyl/N-ethyl adjacent to an activating group) is 1. The molecular formula is C17H25N3. The van der Waals surface area contributed by atoms with E-state index >= 15 is 0 Å². The second-order valence-electron chi connectivity index (χ2n) is 6.18. The van der Waals surface area contributed by atoms with Crippen molar-refractivity contribution in [2.45, 2.75) is 38.8 Å². The molecule has 0 N–H and O–H groups in total. The molecule has 0 spiro atoms. The van der Waals surface area contributed by atoms with Gasteiger partial charge in [-0.25, -0.2) is 0 Å². The molecular weight excluding hydrogens is 246 g/mol. The zero-order chi connectivity index (χ0) is 14.7. The summed E-state index contributed by atoms with van der Waals surface area (Å²) in [5.41, 5.74) is 2.45. The monoisotopic (exact) mass is 271 g/mol. The van der Waals surface area contributed by atoms with Crippen molar-refractivity contribution in [3.05, 3.63) is 35.4 Å². The summed E-state index contributed by atoms with van der Waals surface area (Å²) < 4.78 is 0. The predicted octanol–water partition coefficient (Wildman–Crippen LogP) is 3.01. The van der Waals surface area contributed by atoms with Gasteiger partial charge in [-0.15, -0.1) is 0 Å². The van der Waals surface area contributed by atoms with E-state index in [0.717, 1.165) is 25.2 Å². The lowest BCUT2D eigenvalue weighted by Gasteiger charge is -2.39. The SMILES string of the molecule is CC(C)c1ccc(C(C#N)N2CCN(C)C(C)C2)cc1. The molecule has 0 amide bonds. The van der Waals surface area contributed by atoms with Gasteiger partial charge in [0.25, 0.3) is 0 Å². The van der Waals surface area contributed by atoms with Gasteiger partial charge in [0.2, 0.25) is 0 Å². The van der Waals surface area contributed by atoms with Crippen molar-refractivity contribution in [1.29, 1.82) is 5.26 Å². The molecule has 20 heavy (non-hydrogen) atoms. The number of nitriles is 1. The molecule has 0 aromatic heterocycles. The Bertz CT molecular complexity index is 472. The van der Waals surface area contributed by atoms with Crippen LogP contribution < -0.4 is 0 Å². The van der Waals surface area contributed by atoms with Gasteiger partial charge in [0.1, 0.15) is 6.04 Å². The quantitative estimate of drug-likeness (QED) is 0.846. The van der Waals surface area contributed by atoms with E-state index in [0.29, 0.717) is 12.0 Å². The summed E-state index contributed by atoms with van der Waals surface area (Å²) in [5, 5.41) is 9.56. The van der Waals surface area contributed by atoms with Gasteiger partial charge in [-0.2, -0.15) is 5.26 Å². The Labute approximate surface area is 122 Å². The van der Waals surface area contributed by atoms with Crippen LogP contribution in [0.5, 0.6) is 0 Å². The number of hydrogen-bond acceptors (Lipinski definition) is 3. The summed E-state index contributed by atoms with van der Waals surface area (Å²) in [6.07, 6.45) is 0. The molecule has 0 bridgehead atoms. The minimum absolute atomic E-state index is 0.118. The highest BCUT2D eigenvalue weighted by Crippen LogP contribution is 2.25. The maximum atomic E-state index is 9.56. The van der Waals surface area contributed by atoms with Crippen molar-refractivity contribution in [2.75, 3.05) is 26.7 Å². The average Bonchev–Trinajstić information content (AvgIpc) is 2.44. The Balaban J connectivity index is 2.14. The van der Waals surface area contributed by atoms with Gasteiger partial charge in [-0.05, 0) is 31.0 Å². The van der Waals surface area contributed by atoms with Crippen LogP contribution in [-0.2, 0) is 0 Å². The first-order valence-corrected chi connectivity index (χ1v) is 7.46. The van der Waals surface area contributed by atoms with Crippen LogP contribution in [0.25, 0.3) is 0 Å². The second-order valence-corrected chi connectivity index (χ2v) is 6.18. The lowest BCUT2D eigenvalue weighted by Crippen LogP contribution is -2.50. The maximum absolute atomic E-state index is 9.56. The van der Waals surface area contributed by atoms with Gasteiger partial charge >= 0.3 is 0 Å². The van der Waals surface area contributed by atoms with E-state index in [1.807, 2.05) is 0 Å². The second kappa shape index (κ2) is 6.39. The highest BCUT2D eigenvalue weighted by Gasteiger charge is 2.27. The van der Waals surface area contributed by atoms with Crippen LogP contribution in [-0.4, -0.2) is 42.5 Å². The number of rotatable bonds is 3. The van der Waals surface area contributed by atoms with Crippen molar-refractivity contribution in [1.82, 2.24) is 9.80 Å². The normalized spacial score (nSPS) is 22.7. The first-order chi connectivity index (χ1) is 9.52. The van der Waals surface area contributed by atoms with Gasteiger partial charge in [-0.3, -0.25) is 4.90 Å². The molecule has 3 heteroatoms. The predicted molar refractivity (Wildman–Crippen MR) is 82.6 cm³/mol. The molecule has 2 atom stereocenters.